The summed E-state index contributed by atoms with van der Waals surface area (Å²) in [5.74, 6) is 11.8. The lowest BCUT2D eigenvalue weighted by atomic mass is 10.1. The number of benzene rings is 8. The van der Waals surface area contributed by atoms with Crippen LogP contribution >= 0.6 is 0 Å². The Kier molecular flexibility index (Phi) is 26.4. The number of aliphatic imine (C=N–C) groups is 2. The van der Waals surface area contributed by atoms with E-state index in [-0.39, 0.29) is 17.7 Å². The van der Waals surface area contributed by atoms with Crippen molar-refractivity contribution in [3.05, 3.63) is 240 Å². The Hall–Kier alpha value is -14.3. The fraction of sp³-hybridized carbons (Fsp3) is 0.247. The molecule has 0 aliphatic carbocycles. The SMILES string of the molecule is CC(=NC#N)Oc1ccccc1.N#CNC(=Nc1ccc2oc(CN3CCCC3)nc2c1)Oc1ccccc1.NNc1nccc2ccccc12.Nc1ccc2oc(CN3CCCC3)nc2c1.Nc1nc(Nc2ccc3oc(CN4CCCC4)nc3c2)nn1-c1nccc2ccccc12.O=[N+]([O-])c1ccc2oc(CN3CCCC3)nc2c1. The number of nitrogens with one attached hydrogen (secondary N) is 3. The number of likely N-dealkylation sites (tertiary alicyclic amines) is 4. The normalized spacial score (nSPS) is 14.4. The van der Waals surface area contributed by atoms with Gasteiger partial charge in [0.1, 0.15) is 39.4 Å². The Morgan fingerprint density at radius 2 is 0.991 bits per heavy atom. The van der Waals surface area contributed by atoms with Gasteiger partial charge >= 0.3 is 6.02 Å². The molecule has 0 atom stereocenters. The highest BCUT2D eigenvalue weighted by atomic mass is 16.6. The molecule has 32 nitrogen and oxygen atoms in total. The molecule has 594 valence electrons. The molecule has 19 rings (SSSR count). The molecule has 0 amide bonds. The number of rotatable bonds is 16. The number of fused-ring (bicyclic) bond motifs is 6. The molecule has 11 heterocycles. The molecule has 9 N–H and O–H groups in total. The van der Waals surface area contributed by atoms with Crippen LogP contribution in [-0.2, 0) is 26.2 Å². The number of nitriles is 2. The monoisotopic (exact) mass is 1570 g/mol. The van der Waals surface area contributed by atoms with E-state index in [0.29, 0.717) is 70.1 Å². The lowest BCUT2D eigenvalue weighted by Gasteiger charge is -2.10. The first kappa shape index (κ1) is 79.4. The molecule has 0 bridgehead atoms. The number of hydrazine groups is 1. The summed E-state index contributed by atoms with van der Waals surface area (Å²) in [6.07, 6.45) is 16.9. The zero-order chi connectivity index (χ0) is 80.7. The van der Waals surface area contributed by atoms with E-state index in [4.69, 9.17) is 55.0 Å². The van der Waals surface area contributed by atoms with Gasteiger partial charge in [0.15, 0.2) is 34.3 Å². The van der Waals surface area contributed by atoms with Crippen molar-refractivity contribution in [3.63, 3.8) is 0 Å². The summed E-state index contributed by atoms with van der Waals surface area (Å²) in [4.78, 5) is 58.3. The molecule has 15 aromatic rings. The number of ether oxygens (including phenoxy) is 2. The van der Waals surface area contributed by atoms with Crippen molar-refractivity contribution in [2.75, 3.05) is 74.6 Å². The molecule has 4 aliphatic heterocycles. The summed E-state index contributed by atoms with van der Waals surface area (Å²) in [6, 6.07) is 59.6. The predicted octanol–water partition coefficient (Wildman–Crippen LogP) is 15.3. The molecule has 0 spiro atoms. The minimum absolute atomic E-state index is 0.0449. The van der Waals surface area contributed by atoms with E-state index in [9.17, 15) is 10.1 Å². The third-order valence-electron chi connectivity index (χ3n) is 19.3. The standard InChI is InChI=1S/C23H22N8O.C20H19N5O2.C12H13N3O3.C12H15N3O.C9H9N3.C9H8N2O/c24-22-28-23(29-31(22)21-17-6-2-1-5-15(17)9-10-25-21)26-16-7-8-19-18(13-16)27-20(32-19)14-30-11-3-4-12-30;21-14-22-20(26-16-6-2-1-3-7-16)23-15-8-9-18-17(12-15)24-19(27-18)13-25-10-4-5-11-25;16-15(17)9-3-4-11-10(7-9)13-12(18-11)8-14-5-1-2-6-14;13-9-3-4-11-10(7-9)14-12(16-11)8-15-5-1-2-6-15;10-12-9-8-4-2-1-3-7(8)5-6-11-9;1-8(11-7-10)12-9-5-3-2-4-6-9/h1-2,5-10,13H,3-4,11-12,14H2,(H3,24,26,28,29);1-3,6-9,12H,4-5,10-11,13H2,(H,22,23);3-4,7H,1-2,5-6,8H2;3-4,7H,1-2,5-6,8,13H2;1-6H,10H2,(H,11,12);2-6H,1H3. The fourth-order valence-electron chi connectivity index (χ4n) is 13.7. The van der Waals surface area contributed by atoms with Gasteiger partial charge in [-0.25, -0.2) is 41.1 Å². The Balaban J connectivity index is 0.000000120. The van der Waals surface area contributed by atoms with Gasteiger partial charge in [-0.3, -0.25) is 29.7 Å². The van der Waals surface area contributed by atoms with E-state index in [0.717, 1.165) is 150 Å². The summed E-state index contributed by atoms with van der Waals surface area (Å²) in [5.41, 5.74) is 22.5. The molecular formula is C85H86N24O8. The second-order valence-electron chi connectivity index (χ2n) is 27.8. The molecule has 8 aromatic carbocycles. The van der Waals surface area contributed by atoms with Crippen LogP contribution in [0.25, 0.3) is 71.8 Å². The van der Waals surface area contributed by atoms with Crippen LogP contribution in [-0.4, -0.2) is 133 Å². The molecule has 4 aliphatic rings. The van der Waals surface area contributed by atoms with Gasteiger partial charge in [-0.1, -0.05) is 84.9 Å². The highest BCUT2D eigenvalue weighted by Gasteiger charge is 2.22. The number of nitro groups is 1. The minimum atomic E-state index is -0.422. The quantitative estimate of drug-likeness (QED) is 0.00764. The van der Waals surface area contributed by atoms with Crippen LogP contribution < -0.4 is 42.8 Å². The molecular weight excluding hydrogens is 1490 g/mol. The topological polar surface area (TPSA) is 422 Å². The molecule has 0 radical (unpaired) electrons. The number of anilines is 5. The Morgan fingerprint density at radius 1 is 0.530 bits per heavy atom. The van der Waals surface area contributed by atoms with Gasteiger partial charge in [0, 0.05) is 53.6 Å². The number of amidine groups is 1. The fourth-order valence-corrected chi connectivity index (χ4v) is 13.7. The second kappa shape index (κ2) is 39.0. The average Bonchev–Trinajstić information content (AvgIpc) is 1.72. The zero-order valence-electron chi connectivity index (χ0n) is 64.3. The van der Waals surface area contributed by atoms with Gasteiger partial charge in [-0.2, -0.15) is 25.2 Å². The number of non-ortho nitro benzene ring substituents is 1. The van der Waals surface area contributed by atoms with Crippen LogP contribution in [0.1, 0.15) is 81.9 Å². The first-order chi connectivity index (χ1) is 57.3. The molecule has 0 saturated carbocycles. The molecule has 7 aromatic heterocycles. The number of nitrogens with zero attached hydrogens (tertiary/aromatic N) is 18. The third-order valence-corrected chi connectivity index (χ3v) is 19.3. The maximum atomic E-state index is 10.7. The van der Waals surface area contributed by atoms with Crippen molar-refractivity contribution in [1.82, 2.24) is 69.6 Å². The van der Waals surface area contributed by atoms with Gasteiger partial charge in [0.05, 0.1) is 36.8 Å². The first-order valence-corrected chi connectivity index (χ1v) is 38.4. The Bertz CT molecular complexity index is 5980. The van der Waals surface area contributed by atoms with Gasteiger partial charge in [-0.15, -0.1) is 10.1 Å². The number of hydrogen-bond donors (Lipinski definition) is 6. The van der Waals surface area contributed by atoms with Crippen LogP contribution in [0, 0.1) is 33.0 Å². The highest BCUT2D eigenvalue weighted by molar-refractivity contribution is 5.92. The number of nitrogens with two attached hydrogens (primary N) is 3. The van der Waals surface area contributed by atoms with Gasteiger partial charge < -0.3 is 49.4 Å². The zero-order valence-corrected chi connectivity index (χ0v) is 64.3. The van der Waals surface area contributed by atoms with E-state index in [1.165, 1.54) is 63.5 Å². The number of nitrogen functional groups attached to an aromatic ring is 3. The lowest BCUT2D eigenvalue weighted by Crippen LogP contribution is -2.23. The number of aromatic nitrogens is 9. The number of para-hydroxylation sites is 2. The largest absolute Gasteiger partial charge is 0.443 e. The maximum Gasteiger partial charge on any atom is 0.309 e. The highest BCUT2D eigenvalue weighted by Crippen LogP contribution is 2.30. The van der Waals surface area contributed by atoms with Gasteiger partial charge in [-0.05, 0) is 212 Å². The number of nitro benzene ring substituents is 1. The summed E-state index contributed by atoms with van der Waals surface area (Å²) in [5, 5.41) is 42.2. The van der Waals surface area contributed by atoms with Crippen molar-refractivity contribution < 1.29 is 32.1 Å². The van der Waals surface area contributed by atoms with E-state index in [1.54, 1.807) is 66.6 Å². The van der Waals surface area contributed by atoms with Crippen LogP contribution in [0.4, 0.5) is 40.5 Å². The Morgan fingerprint density at radius 3 is 1.52 bits per heavy atom. The minimum Gasteiger partial charge on any atom is -0.443 e. The summed E-state index contributed by atoms with van der Waals surface area (Å²) >= 11 is 0. The summed E-state index contributed by atoms with van der Waals surface area (Å²) < 4.78 is 35.4. The van der Waals surface area contributed by atoms with E-state index >= 15 is 0 Å². The number of oxazole rings is 4. The van der Waals surface area contributed by atoms with Gasteiger partial charge in [0.2, 0.25) is 47.6 Å². The molecule has 4 saturated heterocycles. The van der Waals surface area contributed by atoms with Crippen molar-refractivity contribution in [2.24, 2.45) is 15.8 Å². The number of hydrogen-bond acceptors (Lipinski definition) is 29. The van der Waals surface area contributed by atoms with Crippen LogP contribution in [0.2, 0.25) is 0 Å². The van der Waals surface area contributed by atoms with E-state index in [2.05, 4.69) is 85.6 Å². The third kappa shape index (κ3) is 21.7. The molecule has 117 heavy (non-hydrogen) atoms. The van der Waals surface area contributed by atoms with E-state index < -0.39 is 4.92 Å². The Labute approximate surface area is 672 Å². The summed E-state index contributed by atoms with van der Waals surface area (Å²) in [6.45, 7) is 13.4. The first-order valence-electron chi connectivity index (χ1n) is 38.4. The summed E-state index contributed by atoms with van der Waals surface area (Å²) in [7, 11) is 0. The lowest BCUT2D eigenvalue weighted by molar-refractivity contribution is -0.384. The van der Waals surface area contributed by atoms with Crippen molar-refractivity contribution in [2.45, 2.75) is 84.5 Å². The number of pyridine rings is 2. The van der Waals surface area contributed by atoms with Gasteiger partial charge in [0.25, 0.3) is 5.69 Å². The molecule has 0 unspecified atom stereocenters. The average molecular weight is 1570 g/mol. The molecule has 32 heteroatoms. The second-order valence-corrected chi connectivity index (χ2v) is 27.8. The predicted molar refractivity (Wildman–Crippen MR) is 448 cm³/mol. The van der Waals surface area contributed by atoms with Crippen molar-refractivity contribution in [3.8, 4) is 29.7 Å². The van der Waals surface area contributed by atoms with E-state index in [1.807, 2.05) is 152 Å². The smallest absolute Gasteiger partial charge is 0.309 e. The molecule has 4 fully saturated rings. The van der Waals surface area contributed by atoms with Crippen LogP contribution in [0.15, 0.2) is 234 Å². The van der Waals surface area contributed by atoms with Crippen molar-refractivity contribution >= 4 is 118 Å². The van der Waals surface area contributed by atoms with Crippen LogP contribution in [0.3, 0.4) is 0 Å². The van der Waals surface area contributed by atoms with Crippen molar-refractivity contribution in [1.29, 1.82) is 10.5 Å². The van der Waals surface area contributed by atoms with Crippen LogP contribution in [0.5, 0.6) is 11.5 Å². The maximum absolute atomic E-state index is 10.7.